The Bertz CT molecular complexity index is 1400. The van der Waals surface area contributed by atoms with Crippen molar-refractivity contribution in [3.8, 4) is 11.5 Å². The fourth-order valence-electron chi connectivity index (χ4n) is 3.35. The number of ether oxygens (including phenoxy) is 2. The number of hydrogen-bond acceptors (Lipinski definition) is 5. The summed E-state index contributed by atoms with van der Waals surface area (Å²) in [6.45, 7) is 0.387. The molecule has 0 fully saturated rings. The smallest absolute Gasteiger partial charge is 0.276 e. The van der Waals surface area contributed by atoms with E-state index in [9.17, 15) is 8.42 Å². The summed E-state index contributed by atoms with van der Waals surface area (Å²) < 4.78 is 37.1. The molecular formula is C25H21IN2O4S. The third kappa shape index (κ3) is 5.45. The lowest BCUT2D eigenvalue weighted by molar-refractivity contribution is 0.283. The quantitative estimate of drug-likeness (QED) is 0.176. The van der Waals surface area contributed by atoms with Crippen LogP contribution in [0, 0.1) is 3.57 Å². The number of hydrazone groups is 1. The average Bonchev–Trinajstić information content (AvgIpc) is 2.83. The molecule has 4 aromatic rings. The first-order valence-electron chi connectivity index (χ1n) is 10.0. The molecular weight excluding hydrogens is 551 g/mol. The van der Waals surface area contributed by atoms with E-state index in [4.69, 9.17) is 9.47 Å². The van der Waals surface area contributed by atoms with Crippen molar-refractivity contribution in [3.05, 3.63) is 99.6 Å². The molecule has 0 aliphatic carbocycles. The van der Waals surface area contributed by atoms with Crippen LogP contribution in [0.5, 0.6) is 11.5 Å². The monoisotopic (exact) mass is 572 g/mol. The van der Waals surface area contributed by atoms with Crippen molar-refractivity contribution < 1.29 is 17.9 Å². The molecule has 8 heteroatoms. The number of halogens is 1. The van der Waals surface area contributed by atoms with Crippen molar-refractivity contribution in [3.63, 3.8) is 0 Å². The summed E-state index contributed by atoms with van der Waals surface area (Å²) in [6, 6.07) is 26.0. The van der Waals surface area contributed by atoms with Gasteiger partial charge in [0.25, 0.3) is 10.0 Å². The van der Waals surface area contributed by atoms with Gasteiger partial charge < -0.3 is 9.47 Å². The lowest BCUT2D eigenvalue weighted by atomic mass is 10.1. The van der Waals surface area contributed by atoms with E-state index in [1.807, 2.05) is 30.3 Å². The maximum absolute atomic E-state index is 12.3. The molecule has 0 amide bonds. The second kappa shape index (κ2) is 10.2. The Hall–Kier alpha value is -3.11. The van der Waals surface area contributed by atoms with Crippen LogP contribution in [0.3, 0.4) is 0 Å². The zero-order chi connectivity index (χ0) is 23.3. The van der Waals surface area contributed by atoms with Gasteiger partial charge in [-0.3, -0.25) is 0 Å². The third-order valence-electron chi connectivity index (χ3n) is 4.94. The number of nitrogens with zero attached hydrogens (tertiary/aromatic N) is 1. The van der Waals surface area contributed by atoms with Crippen LogP contribution in [0.4, 0.5) is 0 Å². The number of fused-ring (bicyclic) bond motifs is 1. The number of hydrogen-bond donors (Lipinski definition) is 1. The normalized spacial score (nSPS) is 11.6. The molecule has 0 unspecified atom stereocenters. The zero-order valence-electron chi connectivity index (χ0n) is 17.7. The molecule has 1 N–H and O–H groups in total. The lowest BCUT2D eigenvalue weighted by Gasteiger charge is -2.14. The van der Waals surface area contributed by atoms with E-state index < -0.39 is 10.0 Å². The highest BCUT2D eigenvalue weighted by Gasteiger charge is 2.14. The number of benzene rings is 4. The highest BCUT2D eigenvalue weighted by atomic mass is 127. The third-order valence-corrected chi connectivity index (χ3v) is 6.98. The molecule has 6 nitrogen and oxygen atoms in total. The number of methoxy groups -OCH3 is 1. The van der Waals surface area contributed by atoms with Crippen LogP contribution in [0.15, 0.2) is 94.9 Å². The SMILES string of the molecule is COc1cc(/C=N\NS(=O)(=O)c2ccccc2)cc(I)c1OCc1cccc2ccccc12. The molecule has 168 valence electrons. The van der Waals surface area contributed by atoms with Gasteiger partial charge in [0, 0.05) is 0 Å². The summed E-state index contributed by atoms with van der Waals surface area (Å²) in [5.41, 5.74) is 1.75. The van der Waals surface area contributed by atoms with E-state index in [1.165, 1.54) is 18.3 Å². The maximum Gasteiger partial charge on any atom is 0.276 e. The Labute approximate surface area is 206 Å². The predicted octanol–water partition coefficient (Wildman–Crippen LogP) is 5.34. The summed E-state index contributed by atoms with van der Waals surface area (Å²) in [6.07, 6.45) is 1.43. The van der Waals surface area contributed by atoms with E-state index in [2.05, 4.69) is 50.7 Å². The van der Waals surface area contributed by atoms with Crippen molar-refractivity contribution >= 4 is 49.6 Å². The van der Waals surface area contributed by atoms with E-state index in [0.717, 1.165) is 19.9 Å². The zero-order valence-corrected chi connectivity index (χ0v) is 20.7. The van der Waals surface area contributed by atoms with Crippen LogP contribution in [0.25, 0.3) is 10.8 Å². The van der Waals surface area contributed by atoms with E-state index in [-0.39, 0.29) is 4.90 Å². The van der Waals surface area contributed by atoms with Crippen LogP contribution < -0.4 is 14.3 Å². The molecule has 0 aromatic heterocycles. The van der Waals surface area contributed by atoms with E-state index in [1.54, 1.807) is 31.4 Å². The Morgan fingerprint density at radius 3 is 2.48 bits per heavy atom. The fourth-order valence-corrected chi connectivity index (χ4v) is 4.94. The number of rotatable bonds is 8. The van der Waals surface area contributed by atoms with Gasteiger partial charge in [0.15, 0.2) is 11.5 Å². The van der Waals surface area contributed by atoms with Gasteiger partial charge >= 0.3 is 0 Å². The highest BCUT2D eigenvalue weighted by molar-refractivity contribution is 14.1. The van der Waals surface area contributed by atoms with Gasteiger partial charge in [-0.25, -0.2) is 4.83 Å². The molecule has 0 radical (unpaired) electrons. The molecule has 0 atom stereocenters. The van der Waals surface area contributed by atoms with Crippen molar-refractivity contribution in [2.45, 2.75) is 11.5 Å². The van der Waals surface area contributed by atoms with E-state index in [0.29, 0.717) is 23.7 Å². The highest BCUT2D eigenvalue weighted by Crippen LogP contribution is 2.34. The molecule has 0 aliphatic heterocycles. The van der Waals surface area contributed by atoms with Gasteiger partial charge in [0.05, 0.1) is 21.8 Å². The van der Waals surface area contributed by atoms with Gasteiger partial charge in [-0.05, 0) is 68.8 Å². The first-order chi connectivity index (χ1) is 16.0. The largest absolute Gasteiger partial charge is 0.493 e. The number of sulfonamides is 1. The van der Waals surface area contributed by atoms with Crippen LogP contribution in [0.2, 0.25) is 0 Å². The van der Waals surface area contributed by atoms with Crippen LogP contribution in [0.1, 0.15) is 11.1 Å². The minimum absolute atomic E-state index is 0.145. The molecule has 0 saturated carbocycles. The molecule has 33 heavy (non-hydrogen) atoms. The minimum atomic E-state index is -3.73. The van der Waals surface area contributed by atoms with Crippen molar-refractivity contribution in [1.29, 1.82) is 0 Å². The summed E-state index contributed by atoms with van der Waals surface area (Å²) in [5, 5.41) is 6.20. The van der Waals surface area contributed by atoms with Gasteiger partial charge in [-0.15, -0.1) is 0 Å². The first-order valence-corrected chi connectivity index (χ1v) is 12.6. The van der Waals surface area contributed by atoms with Gasteiger partial charge in [-0.1, -0.05) is 60.7 Å². The second-order valence-electron chi connectivity index (χ2n) is 7.13. The summed E-state index contributed by atoms with van der Waals surface area (Å²) >= 11 is 2.17. The van der Waals surface area contributed by atoms with Gasteiger partial charge in [0.1, 0.15) is 6.61 Å². The van der Waals surface area contributed by atoms with Gasteiger partial charge in [-0.2, -0.15) is 13.5 Å². The van der Waals surface area contributed by atoms with Crippen molar-refractivity contribution in [2.24, 2.45) is 5.10 Å². The van der Waals surface area contributed by atoms with Crippen LogP contribution >= 0.6 is 22.6 Å². The Morgan fingerprint density at radius 1 is 0.970 bits per heavy atom. The lowest BCUT2D eigenvalue weighted by Crippen LogP contribution is -2.18. The Balaban J connectivity index is 1.51. The summed E-state index contributed by atoms with van der Waals surface area (Å²) in [5.74, 6) is 1.16. The average molecular weight is 572 g/mol. The number of nitrogens with one attached hydrogen (secondary N) is 1. The maximum atomic E-state index is 12.3. The van der Waals surface area contributed by atoms with E-state index >= 15 is 0 Å². The standard InChI is InChI=1S/C25H21IN2O4S/c1-31-24-15-18(16-27-28-33(29,30)21-11-3-2-4-12-21)14-23(26)25(24)32-17-20-10-7-9-19-8-5-6-13-22(19)20/h2-16,28H,17H2,1H3/b27-16-. The molecule has 0 saturated heterocycles. The minimum Gasteiger partial charge on any atom is -0.493 e. The second-order valence-corrected chi connectivity index (χ2v) is 9.95. The molecule has 4 aromatic carbocycles. The Morgan fingerprint density at radius 2 is 1.70 bits per heavy atom. The van der Waals surface area contributed by atoms with Crippen molar-refractivity contribution in [2.75, 3.05) is 7.11 Å². The first kappa shape index (κ1) is 23.1. The molecule has 0 aliphatic rings. The van der Waals surface area contributed by atoms with Gasteiger partial charge in [0.2, 0.25) is 0 Å². The molecule has 0 spiro atoms. The fraction of sp³-hybridized carbons (Fsp3) is 0.0800. The summed E-state index contributed by atoms with van der Waals surface area (Å²) in [7, 11) is -2.16. The van der Waals surface area contributed by atoms with Crippen molar-refractivity contribution in [1.82, 2.24) is 4.83 Å². The van der Waals surface area contributed by atoms with Crippen LogP contribution in [-0.4, -0.2) is 21.7 Å². The molecule has 4 rings (SSSR count). The Kier molecular flexibility index (Phi) is 7.14. The predicted molar refractivity (Wildman–Crippen MR) is 138 cm³/mol. The van der Waals surface area contributed by atoms with Crippen LogP contribution in [-0.2, 0) is 16.6 Å². The summed E-state index contributed by atoms with van der Waals surface area (Å²) in [4.78, 5) is 2.37. The molecule has 0 heterocycles. The topological polar surface area (TPSA) is 77.0 Å². The molecule has 0 bridgehead atoms.